The molecule has 1 unspecified atom stereocenters. The molecule has 0 bridgehead atoms. The van der Waals surface area contributed by atoms with Crippen LogP contribution in [0.5, 0.6) is 0 Å². The quantitative estimate of drug-likeness (QED) is 0.535. The summed E-state index contributed by atoms with van der Waals surface area (Å²) in [4.78, 5) is 40.3. The van der Waals surface area contributed by atoms with Gasteiger partial charge < -0.3 is 10.2 Å². The van der Waals surface area contributed by atoms with Crippen LogP contribution in [0.3, 0.4) is 0 Å². The predicted octanol–water partition coefficient (Wildman–Crippen LogP) is 0.447. The second-order valence-corrected chi connectivity index (χ2v) is 6.98. The van der Waals surface area contributed by atoms with Gasteiger partial charge in [-0.25, -0.2) is 4.79 Å². The summed E-state index contributed by atoms with van der Waals surface area (Å²) >= 11 is 5.42. The molecular weight excluding hydrogens is 382 g/mol. The second kappa shape index (κ2) is 7.93. The van der Waals surface area contributed by atoms with Crippen LogP contribution in [0.4, 0.5) is 5.69 Å². The Labute approximate surface area is 166 Å². The number of hydrogen-bond donors (Lipinski definition) is 2. The Bertz CT molecular complexity index is 965. The lowest BCUT2D eigenvalue weighted by molar-refractivity contribution is -0.746. The summed E-state index contributed by atoms with van der Waals surface area (Å²) in [7, 11) is 1.62. The first kappa shape index (κ1) is 19.7. The Morgan fingerprint density at radius 2 is 2.00 bits per heavy atom. The topological polar surface area (TPSA) is 103 Å². The van der Waals surface area contributed by atoms with Gasteiger partial charge in [-0.05, 0) is 43.5 Å². The van der Waals surface area contributed by atoms with E-state index in [0.717, 1.165) is 5.56 Å². The summed E-state index contributed by atoms with van der Waals surface area (Å²) in [6.07, 6.45) is -0.0805. The Kier molecular flexibility index (Phi) is 5.59. The SMILES string of the molecule is CCN1C(=O)C(CC(=O)Nc2ccc(C)cc2)N(Cc2c(=O)o[nH][n+]2C)C1=S. The zero-order valence-electron chi connectivity index (χ0n) is 15.9. The number of thiocarbonyl (C=S) groups is 1. The number of anilines is 1. The molecule has 2 aromatic rings. The molecule has 1 saturated heterocycles. The molecule has 1 aliphatic heterocycles. The van der Waals surface area contributed by atoms with E-state index in [-0.39, 0.29) is 24.8 Å². The lowest BCUT2D eigenvalue weighted by Crippen LogP contribution is -2.44. The van der Waals surface area contributed by atoms with Crippen LogP contribution in [0.25, 0.3) is 0 Å². The molecule has 0 saturated carbocycles. The van der Waals surface area contributed by atoms with Crippen LogP contribution in [0.15, 0.2) is 33.6 Å². The van der Waals surface area contributed by atoms with Gasteiger partial charge in [0.15, 0.2) is 12.2 Å². The average Bonchev–Trinajstić information content (AvgIpc) is 3.08. The molecule has 10 heteroatoms. The molecule has 9 nitrogen and oxygen atoms in total. The van der Waals surface area contributed by atoms with Gasteiger partial charge in [-0.3, -0.25) is 19.0 Å². The van der Waals surface area contributed by atoms with Crippen LogP contribution in [0, 0.1) is 6.92 Å². The minimum absolute atomic E-state index is 0.0614. The molecule has 1 aromatic carbocycles. The molecule has 2 N–H and O–H groups in total. The van der Waals surface area contributed by atoms with Crippen molar-refractivity contribution in [2.75, 3.05) is 11.9 Å². The van der Waals surface area contributed by atoms with E-state index in [1.807, 2.05) is 26.0 Å². The number of aromatic amines is 1. The summed E-state index contributed by atoms with van der Waals surface area (Å²) < 4.78 is 6.18. The number of amides is 2. The maximum absolute atomic E-state index is 12.8. The van der Waals surface area contributed by atoms with Crippen LogP contribution in [-0.4, -0.2) is 44.6 Å². The van der Waals surface area contributed by atoms with E-state index in [0.29, 0.717) is 23.0 Å². The summed E-state index contributed by atoms with van der Waals surface area (Å²) in [5.74, 6) is -0.562. The van der Waals surface area contributed by atoms with Gasteiger partial charge in [0.25, 0.3) is 5.91 Å². The fourth-order valence-electron chi connectivity index (χ4n) is 3.08. The summed E-state index contributed by atoms with van der Waals surface area (Å²) in [6, 6.07) is 6.60. The molecule has 1 aromatic heterocycles. The fourth-order valence-corrected chi connectivity index (χ4v) is 3.49. The van der Waals surface area contributed by atoms with E-state index >= 15 is 0 Å². The maximum Gasteiger partial charge on any atom is 0.431 e. The lowest BCUT2D eigenvalue weighted by Gasteiger charge is -2.21. The number of nitrogens with zero attached hydrogens (tertiary/aromatic N) is 3. The molecule has 3 rings (SSSR count). The van der Waals surface area contributed by atoms with Crippen molar-refractivity contribution < 1.29 is 18.8 Å². The zero-order valence-corrected chi connectivity index (χ0v) is 16.7. The maximum atomic E-state index is 12.8. The van der Waals surface area contributed by atoms with Gasteiger partial charge in [0, 0.05) is 12.2 Å². The average molecular weight is 404 g/mol. The first-order valence-corrected chi connectivity index (χ1v) is 9.27. The standard InChI is InChI=1S/C18H21N5O4S/c1-4-22-16(25)13(9-15(24)19-12-7-5-11(2)6-8-12)23(18(22)28)10-14-17(26)27-20-21(14)3/h5-8,13H,4,9-10H2,1-3H3,(H-,19,20,24,26)/p+1. The molecular formula is C18H22N5O4S+. The Balaban J connectivity index is 1.80. The van der Waals surface area contributed by atoms with Gasteiger partial charge in [0.1, 0.15) is 12.6 Å². The Morgan fingerprint density at radius 3 is 2.57 bits per heavy atom. The third kappa shape index (κ3) is 3.81. The predicted molar refractivity (Wildman–Crippen MR) is 104 cm³/mol. The molecule has 1 fully saturated rings. The van der Waals surface area contributed by atoms with E-state index in [1.54, 1.807) is 24.1 Å². The van der Waals surface area contributed by atoms with E-state index in [4.69, 9.17) is 16.7 Å². The van der Waals surface area contributed by atoms with Crippen LogP contribution in [0.1, 0.15) is 24.6 Å². The van der Waals surface area contributed by atoms with Gasteiger partial charge in [-0.2, -0.15) is 0 Å². The van der Waals surface area contributed by atoms with Crippen molar-refractivity contribution in [2.24, 2.45) is 7.05 Å². The largest absolute Gasteiger partial charge is 0.431 e. The van der Waals surface area contributed by atoms with Crippen molar-refractivity contribution in [1.82, 2.24) is 15.1 Å². The third-order valence-electron chi connectivity index (χ3n) is 4.67. The van der Waals surface area contributed by atoms with Crippen LogP contribution in [0.2, 0.25) is 0 Å². The van der Waals surface area contributed by atoms with E-state index in [9.17, 15) is 14.4 Å². The summed E-state index contributed by atoms with van der Waals surface area (Å²) in [5, 5.41) is 5.52. The van der Waals surface area contributed by atoms with Crippen molar-refractivity contribution in [3.8, 4) is 0 Å². The van der Waals surface area contributed by atoms with Crippen molar-refractivity contribution in [3.05, 3.63) is 45.9 Å². The minimum atomic E-state index is -0.785. The monoisotopic (exact) mass is 404 g/mol. The second-order valence-electron chi connectivity index (χ2n) is 6.61. The highest BCUT2D eigenvalue weighted by Gasteiger charge is 2.44. The van der Waals surface area contributed by atoms with E-state index in [2.05, 4.69) is 10.6 Å². The van der Waals surface area contributed by atoms with Gasteiger partial charge >= 0.3 is 11.3 Å². The van der Waals surface area contributed by atoms with Gasteiger partial charge in [-0.1, -0.05) is 22.4 Å². The number of hydrogen-bond acceptors (Lipinski definition) is 5. The number of aryl methyl sites for hydroxylation is 2. The summed E-state index contributed by atoms with van der Waals surface area (Å²) in [5.41, 5.74) is 1.49. The first-order chi connectivity index (χ1) is 13.3. The van der Waals surface area contributed by atoms with Gasteiger partial charge in [0.05, 0.1) is 6.42 Å². The number of carbonyl (C=O) groups is 2. The highest BCUT2D eigenvalue weighted by molar-refractivity contribution is 7.80. The van der Waals surface area contributed by atoms with Crippen molar-refractivity contribution in [1.29, 1.82) is 0 Å². The molecule has 2 heterocycles. The van der Waals surface area contributed by atoms with Gasteiger partial charge in [0.2, 0.25) is 5.91 Å². The lowest BCUT2D eigenvalue weighted by atomic mass is 10.1. The normalized spacial score (nSPS) is 16.8. The molecule has 1 atom stereocenters. The number of H-pyrrole nitrogens is 1. The van der Waals surface area contributed by atoms with Gasteiger partial charge in [-0.15, -0.1) is 0 Å². The third-order valence-corrected chi connectivity index (χ3v) is 5.12. The number of nitrogens with one attached hydrogen (secondary N) is 2. The first-order valence-electron chi connectivity index (χ1n) is 8.86. The number of benzene rings is 1. The molecule has 2 amide bonds. The van der Waals surface area contributed by atoms with Crippen LogP contribution < -0.4 is 15.6 Å². The molecule has 0 aliphatic carbocycles. The highest BCUT2D eigenvalue weighted by atomic mass is 32.1. The Morgan fingerprint density at radius 1 is 1.32 bits per heavy atom. The molecule has 1 aliphatic rings. The van der Waals surface area contributed by atoms with Crippen molar-refractivity contribution in [2.45, 2.75) is 32.9 Å². The smallest absolute Gasteiger partial charge is 0.326 e. The van der Waals surface area contributed by atoms with E-state index < -0.39 is 11.7 Å². The molecule has 28 heavy (non-hydrogen) atoms. The minimum Gasteiger partial charge on any atom is -0.326 e. The van der Waals surface area contributed by atoms with Crippen molar-refractivity contribution >= 4 is 34.8 Å². The summed E-state index contributed by atoms with van der Waals surface area (Å²) in [6.45, 7) is 4.21. The van der Waals surface area contributed by atoms with E-state index in [1.165, 1.54) is 9.58 Å². The fraction of sp³-hybridized carbons (Fsp3) is 0.389. The molecule has 0 spiro atoms. The number of carbonyl (C=O) groups excluding carboxylic acids is 2. The van der Waals surface area contributed by atoms with Crippen molar-refractivity contribution in [3.63, 3.8) is 0 Å². The highest BCUT2D eigenvalue weighted by Crippen LogP contribution is 2.22. The number of aromatic nitrogens is 2. The zero-order chi connectivity index (χ0) is 20.4. The van der Waals surface area contributed by atoms with Crippen LogP contribution >= 0.6 is 12.2 Å². The molecule has 148 valence electrons. The number of rotatable bonds is 6. The molecule has 0 radical (unpaired) electrons. The number of likely N-dealkylation sites (N-methyl/N-ethyl adjacent to an activating group) is 1. The Hall–Kier alpha value is -3.01. The van der Waals surface area contributed by atoms with Crippen LogP contribution in [-0.2, 0) is 23.2 Å².